The third-order valence-electron chi connectivity index (χ3n) is 7.75. The molecule has 1 unspecified atom stereocenters. The number of aryl methyl sites for hydroxylation is 1. The average Bonchev–Trinajstić information content (AvgIpc) is 2.93. The maximum atomic E-state index is 13.4. The summed E-state index contributed by atoms with van der Waals surface area (Å²) in [5, 5.41) is 14.4. The number of carbonyl (C=O) groups excluding carboxylic acids is 2. The Morgan fingerprint density at radius 3 is 2.46 bits per heavy atom. The van der Waals surface area contributed by atoms with Crippen LogP contribution < -0.4 is 29.3 Å². The summed E-state index contributed by atoms with van der Waals surface area (Å²) in [6.07, 6.45) is 12.8. The van der Waals surface area contributed by atoms with Gasteiger partial charge in [-0.25, -0.2) is 0 Å². The Morgan fingerprint density at radius 2 is 1.79 bits per heavy atom. The number of rotatable bonds is 15. The van der Waals surface area contributed by atoms with Gasteiger partial charge in [0.25, 0.3) is 5.91 Å². The molecule has 0 aliphatic heterocycles. The van der Waals surface area contributed by atoms with Crippen molar-refractivity contribution in [1.29, 1.82) is 0 Å². The first kappa shape index (κ1) is 33.9. The Morgan fingerprint density at radius 1 is 1.05 bits per heavy atom. The summed E-state index contributed by atoms with van der Waals surface area (Å²) in [4.78, 5) is 25.0. The summed E-state index contributed by atoms with van der Waals surface area (Å²) in [6, 6.07) is 13.2. The summed E-state index contributed by atoms with van der Waals surface area (Å²) in [5.74, 6) is 2.82. The third kappa shape index (κ3) is 10.9. The molecule has 1 aliphatic carbocycles. The van der Waals surface area contributed by atoms with Crippen molar-refractivity contribution in [3.8, 4) is 11.1 Å². The quantitative estimate of drug-likeness (QED) is 0.337. The zero-order valence-corrected chi connectivity index (χ0v) is 25.9. The van der Waals surface area contributed by atoms with Crippen molar-refractivity contribution >= 4 is 35.4 Å². The normalized spacial score (nSPS) is 15.3. The molecule has 3 rings (SSSR count). The van der Waals surface area contributed by atoms with Crippen molar-refractivity contribution in [2.24, 2.45) is 11.8 Å². The number of aliphatic carboxylic acids is 1. The summed E-state index contributed by atoms with van der Waals surface area (Å²) >= 11 is 3.58. The first-order valence-electron chi connectivity index (χ1n) is 14.2. The number of benzene rings is 2. The Kier molecular flexibility index (Phi) is 15.8. The first-order chi connectivity index (χ1) is 18.4. The number of carboxylic acids is 1. The molecule has 39 heavy (non-hydrogen) atoms. The molecule has 0 saturated heterocycles. The van der Waals surface area contributed by atoms with Gasteiger partial charge < -0.3 is 15.2 Å². The monoisotopic (exact) mass is 561 g/mol. The minimum Gasteiger partial charge on any atom is -0.548 e. The van der Waals surface area contributed by atoms with E-state index in [1.807, 2.05) is 42.3 Å². The van der Waals surface area contributed by atoms with Crippen molar-refractivity contribution < 1.29 is 33.6 Å². The zero-order valence-electron chi connectivity index (χ0n) is 24.3. The van der Waals surface area contributed by atoms with Crippen molar-refractivity contribution in [2.75, 3.05) is 23.5 Å². The molecule has 0 aromatic heterocycles. The van der Waals surface area contributed by atoms with Crippen LogP contribution in [0.3, 0.4) is 0 Å². The molecule has 1 fully saturated rings. The maximum Gasteiger partial charge on any atom is 1.00 e. The van der Waals surface area contributed by atoms with Crippen molar-refractivity contribution in [2.45, 2.75) is 77.7 Å². The third-order valence-corrected chi connectivity index (χ3v) is 9.51. The fourth-order valence-electron chi connectivity index (χ4n) is 5.54. The second-order valence-electron chi connectivity index (χ2n) is 10.6. The standard InChI is InChI=1S/C32H45NO3S2.Li/c1-4-38-22-26(15-14-24-11-6-5-7-12-24)20-25-16-17-28(29(21-25)27-13-9-8-10-23(27)2)31(34)33-30(32(35)36)18-19-37-3;/h8-10,13,16-17,21,24,26,30H,4-7,11-12,14-15,18-20,22H2,1-3H3,(H,33,34)(H,35,36);/q;+1/p-1/t26?,30-;/m0./s1. The molecule has 4 nitrogen and oxygen atoms in total. The van der Waals surface area contributed by atoms with Gasteiger partial charge in [-0.1, -0.05) is 81.8 Å². The number of nitrogens with one attached hydrogen (secondary N) is 1. The molecule has 1 saturated carbocycles. The fraction of sp³-hybridized carbons (Fsp3) is 0.562. The molecule has 2 aromatic rings. The molecule has 7 heteroatoms. The molecule has 0 bridgehead atoms. The van der Waals surface area contributed by atoms with Crippen LogP contribution in [0.5, 0.6) is 0 Å². The number of carbonyl (C=O) groups is 2. The van der Waals surface area contributed by atoms with Crippen LogP contribution >= 0.6 is 23.5 Å². The van der Waals surface area contributed by atoms with Gasteiger partial charge in [-0.15, -0.1) is 0 Å². The van der Waals surface area contributed by atoms with E-state index < -0.39 is 12.0 Å². The van der Waals surface area contributed by atoms with E-state index in [-0.39, 0.29) is 24.8 Å². The largest absolute Gasteiger partial charge is 1.00 e. The Hall–Kier alpha value is -1.32. The van der Waals surface area contributed by atoms with Gasteiger partial charge in [-0.3, -0.25) is 4.79 Å². The van der Waals surface area contributed by atoms with E-state index in [1.54, 1.807) is 11.8 Å². The predicted molar refractivity (Wildman–Crippen MR) is 162 cm³/mol. The first-order valence-corrected chi connectivity index (χ1v) is 16.7. The van der Waals surface area contributed by atoms with E-state index in [1.165, 1.54) is 50.5 Å². The van der Waals surface area contributed by atoms with E-state index in [0.29, 0.717) is 23.7 Å². The fourth-order valence-corrected chi connectivity index (χ4v) is 6.87. The summed E-state index contributed by atoms with van der Waals surface area (Å²) in [7, 11) is 0. The van der Waals surface area contributed by atoms with Crippen LogP contribution in [0.1, 0.15) is 79.8 Å². The summed E-state index contributed by atoms with van der Waals surface area (Å²) < 4.78 is 0. The van der Waals surface area contributed by atoms with Gasteiger partial charge in [0.2, 0.25) is 0 Å². The van der Waals surface area contributed by atoms with E-state index in [4.69, 9.17) is 0 Å². The van der Waals surface area contributed by atoms with Gasteiger partial charge in [0.15, 0.2) is 0 Å². The van der Waals surface area contributed by atoms with Gasteiger partial charge in [-0.05, 0) is 89.9 Å². The van der Waals surface area contributed by atoms with Crippen molar-refractivity contribution in [3.63, 3.8) is 0 Å². The van der Waals surface area contributed by atoms with Crippen molar-refractivity contribution in [1.82, 2.24) is 5.32 Å². The zero-order chi connectivity index (χ0) is 27.3. The van der Waals surface area contributed by atoms with E-state index >= 15 is 0 Å². The number of hydrogen-bond acceptors (Lipinski definition) is 5. The Labute approximate surface area is 256 Å². The molecule has 2 aromatic carbocycles. The van der Waals surface area contributed by atoms with Crippen LogP contribution in [0.15, 0.2) is 42.5 Å². The van der Waals surface area contributed by atoms with Crippen LogP contribution in [0.2, 0.25) is 0 Å². The number of hydrogen-bond donors (Lipinski definition) is 1. The van der Waals surface area contributed by atoms with E-state index in [9.17, 15) is 14.7 Å². The number of carboxylic acid groups (broad SMARTS) is 1. The second-order valence-corrected chi connectivity index (χ2v) is 12.9. The van der Waals surface area contributed by atoms with Gasteiger partial charge >= 0.3 is 18.9 Å². The topological polar surface area (TPSA) is 69.2 Å². The smallest absolute Gasteiger partial charge is 0.548 e. The molecule has 2 atom stereocenters. The molecule has 0 radical (unpaired) electrons. The predicted octanol–water partition coefficient (Wildman–Crippen LogP) is 3.54. The van der Waals surface area contributed by atoms with E-state index in [2.05, 4.69) is 37.4 Å². The SMILES string of the molecule is CCSCC(CCC1CCCCC1)Cc1ccc(C(=O)N[C@@H](CCSC)C(=O)[O-])c(-c2ccccc2C)c1.[Li+]. The molecule has 1 aliphatic rings. The molecule has 208 valence electrons. The molecule has 0 heterocycles. The van der Waals surface area contributed by atoms with E-state index in [0.717, 1.165) is 40.5 Å². The van der Waals surface area contributed by atoms with Gasteiger partial charge in [-0.2, -0.15) is 23.5 Å². The maximum absolute atomic E-state index is 13.4. The summed E-state index contributed by atoms with van der Waals surface area (Å²) in [6.45, 7) is 4.28. The second kappa shape index (κ2) is 18.2. The number of thioether (sulfide) groups is 2. The van der Waals surface area contributed by atoms with Gasteiger partial charge in [0.05, 0.1) is 12.0 Å². The van der Waals surface area contributed by atoms with Crippen LogP contribution in [0.25, 0.3) is 11.1 Å². The average molecular weight is 562 g/mol. The van der Waals surface area contributed by atoms with Crippen molar-refractivity contribution in [3.05, 3.63) is 59.2 Å². The minimum atomic E-state index is -1.24. The Bertz CT molecular complexity index is 1040. The van der Waals surface area contributed by atoms with Gasteiger partial charge in [0, 0.05) is 5.56 Å². The van der Waals surface area contributed by atoms with Crippen LogP contribution in [0, 0.1) is 18.8 Å². The summed E-state index contributed by atoms with van der Waals surface area (Å²) in [5.41, 5.74) is 4.72. The molecule has 1 amide bonds. The van der Waals surface area contributed by atoms with Crippen LogP contribution in [0.4, 0.5) is 0 Å². The molecule has 0 spiro atoms. The van der Waals surface area contributed by atoms with Crippen LogP contribution in [-0.2, 0) is 11.2 Å². The Balaban J connectivity index is 0.00000533. The molecule has 1 N–H and O–H groups in total. The molecular weight excluding hydrogens is 517 g/mol. The van der Waals surface area contributed by atoms with Crippen LogP contribution in [-0.4, -0.2) is 41.4 Å². The number of amides is 1. The minimum absolute atomic E-state index is 0. The van der Waals surface area contributed by atoms with Gasteiger partial charge in [0.1, 0.15) is 0 Å². The molecular formula is C32H44LiNO3S2.